The molecule has 0 aliphatic carbocycles. The van der Waals surface area contributed by atoms with Gasteiger partial charge in [-0.15, -0.1) is 11.8 Å². The number of halogens is 1. The summed E-state index contributed by atoms with van der Waals surface area (Å²) >= 11 is 7.36. The van der Waals surface area contributed by atoms with Crippen molar-refractivity contribution in [1.29, 1.82) is 0 Å². The van der Waals surface area contributed by atoms with E-state index in [1.807, 2.05) is 12.1 Å². The Labute approximate surface area is 173 Å². The number of aromatic nitrogens is 1. The van der Waals surface area contributed by atoms with E-state index in [1.54, 1.807) is 26.0 Å². The number of aryl methyl sites for hydroxylation is 1. The van der Waals surface area contributed by atoms with Gasteiger partial charge in [0.1, 0.15) is 5.76 Å². The Morgan fingerprint density at radius 3 is 2.71 bits per heavy atom. The predicted molar refractivity (Wildman–Crippen MR) is 113 cm³/mol. The van der Waals surface area contributed by atoms with Crippen molar-refractivity contribution in [3.8, 4) is 0 Å². The molecule has 2 heterocycles. The molecule has 7 nitrogen and oxygen atoms in total. The molecular formula is C19H23ClN4O3S. The van der Waals surface area contributed by atoms with Crippen LogP contribution in [-0.4, -0.2) is 41.1 Å². The monoisotopic (exact) mass is 422 g/mol. The van der Waals surface area contributed by atoms with E-state index >= 15 is 0 Å². The van der Waals surface area contributed by atoms with Gasteiger partial charge in [-0.05, 0) is 44.9 Å². The van der Waals surface area contributed by atoms with Gasteiger partial charge in [-0.3, -0.25) is 9.59 Å². The summed E-state index contributed by atoms with van der Waals surface area (Å²) in [7, 11) is 0. The lowest BCUT2D eigenvalue weighted by molar-refractivity contribution is -0.115. The maximum absolute atomic E-state index is 12.4. The number of nitrogens with zero attached hydrogens (tertiary/aromatic N) is 2. The van der Waals surface area contributed by atoms with Crippen LogP contribution in [-0.2, 0) is 9.59 Å². The van der Waals surface area contributed by atoms with E-state index in [4.69, 9.17) is 16.1 Å². The van der Waals surface area contributed by atoms with Crippen LogP contribution in [0, 0.1) is 6.92 Å². The number of thioether (sulfide) groups is 1. The lowest BCUT2D eigenvalue weighted by Crippen LogP contribution is -2.26. The molecule has 1 atom stereocenters. The van der Waals surface area contributed by atoms with E-state index < -0.39 is 5.25 Å². The first-order valence-electron chi connectivity index (χ1n) is 9.12. The fraction of sp³-hybridized carbons (Fsp3) is 0.421. The molecule has 3 rings (SSSR count). The highest BCUT2D eigenvalue weighted by Gasteiger charge is 2.19. The third-order valence-electron chi connectivity index (χ3n) is 4.39. The lowest BCUT2D eigenvalue weighted by Gasteiger charge is -2.22. The average Bonchev–Trinajstić information content (AvgIpc) is 3.32. The highest BCUT2D eigenvalue weighted by molar-refractivity contribution is 8.01. The topological polar surface area (TPSA) is 87.5 Å². The van der Waals surface area contributed by atoms with Crippen molar-refractivity contribution in [3.63, 3.8) is 0 Å². The van der Waals surface area contributed by atoms with Crippen molar-refractivity contribution in [2.75, 3.05) is 34.4 Å². The molecule has 150 valence electrons. The summed E-state index contributed by atoms with van der Waals surface area (Å²) in [5, 5.41) is 9.49. The number of hydrogen-bond acceptors (Lipinski definition) is 6. The fourth-order valence-electron chi connectivity index (χ4n) is 2.96. The Bertz CT molecular complexity index is 851. The second-order valence-electron chi connectivity index (χ2n) is 6.67. The molecule has 28 heavy (non-hydrogen) atoms. The summed E-state index contributed by atoms with van der Waals surface area (Å²) in [6, 6.07) is 7.17. The van der Waals surface area contributed by atoms with Crippen molar-refractivity contribution in [2.24, 2.45) is 0 Å². The minimum Gasteiger partial charge on any atom is -0.370 e. The van der Waals surface area contributed by atoms with Crippen LogP contribution in [0.1, 0.15) is 25.5 Å². The van der Waals surface area contributed by atoms with Crippen molar-refractivity contribution in [2.45, 2.75) is 31.9 Å². The van der Waals surface area contributed by atoms with Crippen LogP contribution in [0.4, 0.5) is 17.2 Å². The standard InChI is InChI=1S/C19H23ClN4O3S/c1-12-9-17(23-27-12)22-19(26)13(2)28-11-18(25)21-15-10-14(20)5-6-16(15)24-7-3-4-8-24/h5-6,9-10,13H,3-4,7-8,11H2,1-2H3,(H,21,25)(H,22,23,26). The summed E-state index contributed by atoms with van der Waals surface area (Å²) in [6.07, 6.45) is 2.28. The predicted octanol–water partition coefficient (Wildman–Crippen LogP) is 3.94. The second kappa shape index (κ2) is 9.34. The van der Waals surface area contributed by atoms with Crippen LogP contribution < -0.4 is 15.5 Å². The van der Waals surface area contributed by atoms with Crippen molar-refractivity contribution < 1.29 is 14.1 Å². The van der Waals surface area contributed by atoms with Crippen molar-refractivity contribution in [1.82, 2.24) is 5.16 Å². The van der Waals surface area contributed by atoms with Crippen LogP contribution in [0.2, 0.25) is 5.02 Å². The van der Waals surface area contributed by atoms with Crippen LogP contribution >= 0.6 is 23.4 Å². The molecule has 1 aromatic heterocycles. The summed E-state index contributed by atoms with van der Waals surface area (Å²) < 4.78 is 4.92. The SMILES string of the molecule is Cc1cc(NC(=O)C(C)SCC(=O)Nc2cc(Cl)ccc2N2CCCC2)no1. The molecule has 9 heteroatoms. The third-order valence-corrected chi connectivity index (χ3v) is 5.77. The number of carbonyl (C=O) groups excluding carboxylic acids is 2. The maximum Gasteiger partial charge on any atom is 0.238 e. The number of nitrogens with one attached hydrogen (secondary N) is 2. The van der Waals surface area contributed by atoms with Gasteiger partial charge in [0.2, 0.25) is 11.8 Å². The zero-order valence-corrected chi connectivity index (χ0v) is 17.4. The van der Waals surface area contributed by atoms with E-state index in [0.717, 1.165) is 31.6 Å². The van der Waals surface area contributed by atoms with Gasteiger partial charge in [0.25, 0.3) is 0 Å². The second-order valence-corrected chi connectivity index (χ2v) is 8.43. The maximum atomic E-state index is 12.4. The first-order chi connectivity index (χ1) is 13.4. The van der Waals surface area contributed by atoms with E-state index in [-0.39, 0.29) is 17.6 Å². The van der Waals surface area contributed by atoms with Crippen LogP contribution in [0.5, 0.6) is 0 Å². The number of hydrogen-bond donors (Lipinski definition) is 2. The molecule has 1 saturated heterocycles. The molecule has 0 bridgehead atoms. The van der Waals surface area contributed by atoms with Crippen LogP contribution in [0.15, 0.2) is 28.8 Å². The number of benzene rings is 1. The van der Waals surface area contributed by atoms with Gasteiger partial charge >= 0.3 is 0 Å². The molecule has 1 aliphatic heterocycles. The van der Waals surface area contributed by atoms with E-state index in [0.29, 0.717) is 22.3 Å². The van der Waals surface area contributed by atoms with Crippen LogP contribution in [0.25, 0.3) is 0 Å². The smallest absolute Gasteiger partial charge is 0.238 e. The summed E-state index contributed by atoms with van der Waals surface area (Å²) in [4.78, 5) is 26.9. The number of carbonyl (C=O) groups is 2. The van der Waals surface area contributed by atoms with Crippen molar-refractivity contribution in [3.05, 3.63) is 35.0 Å². The van der Waals surface area contributed by atoms with Crippen molar-refractivity contribution >= 4 is 52.4 Å². The minimum absolute atomic E-state index is 0.151. The molecule has 0 radical (unpaired) electrons. The first-order valence-corrected chi connectivity index (χ1v) is 10.5. The average molecular weight is 423 g/mol. The Morgan fingerprint density at radius 1 is 1.29 bits per heavy atom. The molecule has 1 unspecified atom stereocenters. The zero-order valence-electron chi connectivity index (χ0n) is 15.8. The Kier molecular flexibility index (Phi) is 6.85. The normalized spacial score (nSPS) is 14.8. The van der Waals surface area contributed by atoms with Gasteiger partial charge in [0, 0.05) is 24.2 Å². The molecular weight excluding hydrogens is 400 g/mol. The molecule has 0 spiro atoms. The van der Waals surface area contributed by atoms with Gasteiger partial charge in [0.15, 0.2) is 5.82 Å². The quantitative estimate of drug-likeness (QED) is 0.702. The minimum atomic E-state index is -0.417. The number of anilines is 3. The van der Waals surface area contributed by atoms with Crippen LogP contribution in [0.3, 0.4) is 0 Å². The van der Waals surface area contributed by atoms with E-state index in [9.17, 15) is 9.59 Å². The highest BCUT2D eigenvalue weighted by atomic mass is 35.5. The Balaban J connectivity index is 1.54. The summed E-state index contributed by atoms with van der Waals surface area (Å²) in [5.41, 5.74) is 1.68. The van der Waals surface area contributed by atoms with Gasteiger partial charge in [-0.1, -0.05) is 16.8 Å². The van der Waals surface area contributed by atoms with Gasteiger partial charge in [-0.25, -0.2) is 0 Å². The van der Waals surface area contributed by atoms with E-state index in [1.165, 1.54) is 11.8 Å². The zero-order chi connectivity index (χ0) is 20.1. The lowest BCUT2D eigenvalue weighted by atomic mass is 10.2. The Morgan fingerprint density at radius 2 is 2.04 bits per heavy atom. The first kappa shape index (κ1) is 20.5. The molecule has 2 N–H and O–H groups in total. The van der Waals surface area contributed by atoms with Gasteiger partial charge in [-0.2, -0.15) is 0 Å². The Hall–Kier alpha value is -2.19. The van der Waals surface area contributed by atoms with Gasteiger partial charge < -0.3 is 20.1 Å². The molecule has 2 amide bonds. The summed E-state index contributed by atoms with van der Waals surface area (Å²) in [6.45, 7) is 5.43. The number of amides is 2. The molecule has 1 aromatic carbocycles. The van der Waals surface area contributed by atoms with E-state index in [2.05, 4.69) is 20.7 Å². The molecule has 0 saturated carbocycles. The molecule has 2 aromatic rings. The highest BCUT2D eigenvalue weighted by Crippen LogP contribution is 2.31. The van der Waals surface area contributed by atoms with Gasteiger partial charge in [0.05, 0.1) is 22.4 Å². The third kappa shape index (κ3) is 5.42. The number of rotatable bonds is 7. The molecule has 1 aliphatic rings. The fourth-order valence-corrected chi connectivity index (χ4v) is 3.81. The summed E-state index contributed by atoms with van der Waals surface area (Å²) in [5.74, 6) is 0.730. The molecule has 1 fully saturated rings. The largest absolute Gasteiger partial charge is 0.370 e.